The quantitative estimate of drug-likeness (QED) is 0.906. The molecular weight excluding hydrogens is 238 g/mol. The lowest BCUT2D eigenvalue weighted by Crippen LogP contribution is -2.00. The van der Waals surface area contributed by atoms with Crippen LogP contribution in [0.2, 0.25) is 0 Å². The van der Waals surface area contributed by atoms with Crippen LogP contribution in [0.5, 0.6) is 11.6 Å². The van der Waals surface area contributed by atoms with E-state index in [0.29, 0.717) is 11.8 Å². The van der Waals surface area contributed by atoms with E-state index in [2.05, 4.69) is 35.2 Å². The van der Waals surface area contributed by atoms with E-state index in [0.717, 1.165) is 17.1 Å². The lowest BCUT2D eigenvalue weighted by molar-refractivity contribution is 0.457. The fraction of sp³-hybridized carbons (Fsp3) is 0.333. The van der Waals surface area contributed by atoms with Crippen LogP contribution in [0.3, 0.4) is 0 Å². The first-order chi connectivity index (χ1) is 9.11. The Bertz CT molecular complexity index is 567. The third kappa shape index (κ3) is 3.02. The first-order valence-electron chi connectivity index (χ1n) is 6.39. The fourth-order valence-corrected chi connectivity index (χ4v) is 1.84. The maximum atomic E-state index is 5.85. The van der Waals surface area contributed by atoms with Crippen molar-refractivity contribution in [3.05, 3.63) is 41.7 Å². The summed E-state index contributed by atoms with van der Waals surface area (Å²) in [4.78, 5) is 8.33. The Morgan fingerprint density at radius 2 is 2.00 bits per heavy atom. The van der Waals surface area contributed by atoms with Crippen LogP contribution < -0.4 is 10.1 Å². The fourth-order valence-electron chi connectivity index (χ4n) is 1.84. The molecule has 4 nitrogen and oxygen atoms in total. The Morgan fingerprint density at radius 3 is 2.68 bits per heavy atom. The van der Waals surface area contributed by atoms with E-state index < -0.39 is 0 Å². The monoisotopic (exact) mass is 257 g/mol. The zero-order valence-electron chi connectivity index (χ0n) is 11.8. The lowest BCUT2D eigenvalue weighted by Gasteiger charge is -2.11. The van der Waals surface area contributed by atoms with Gasteiger partial charge in [0, 0.05) is 7.05 Å². The maximum Gasteiger partial charge on any atom is 0.227 e. The molecule has 1 aromatic heterocycles. The van der Waals surface area contributed by atoms with E-state index in [1.807, 2.05) is 32.2 Å². The molecule has 100 valence electrons. The minimum absolute atomic E-state index is 0.475. The van der Waals surface area contributed by atoms with Crippen LogP contribution >= 0.6 is 0 Å². The summed E-state index contributed by atoms with van der Waals surface area (Å²) in [7, 11) is 1.83. The van der Waals surface area contributed by atoms with Crippen molar-refractivity contribution in [1.29, 1.82) is 0 Å². The van der Waals surface area contributed by atoms with Gasteiger partial charge in [0.05, 0.1) is 5.56 Å². The highest BCUT2D eigenvalue weighted by Crippen LogP contribution is 2.27. The van der Waals surface area contributed by atoms with Crippen molar-refractivity contribution in [2.45, 2.75) is 26.7 Å². The molecule has 0 aliphatic carbocycles. The van der Waals surface area contributed by atoms with Crippen LogP contribution in [0.15, 0.2) is 30.6 Å². The van der Waals surface area contributed by atoms with Gasteiger partial charge in [-0.15, -0.1) is 0 Å². The summed E-state index contributed by atoms with van der Waals surface area (Å²) in [6, 6.07) is 8.08. The Balaban J connectivity index is 2.28. The molecule has 1 N–H and O–H groups in total. The van der Waals surface area contributed by atoms with Gasteiger partial charge in [0.1, 0.15) is 17.9 Å². The molecule has 0 aliphatic heterocycles. The summed E-state index contributed by atoms with van der Waals surface area (Å²) in [5.41, 5.74) is 2.15. The van der Waals surface area contributed by atoms with Crippen LogP contribution in [-0.4, -0.2) is 17.0 Å². The molecule has 0 unspecified atom stereocenters. The van der Waals surface area contributed by atoms with Crippen LogP contribution in [0.25, 0.3) is 0 Å². The molecule has 0 saturated heterocycles. The largest absolute Gasteiger partial charge is 0.439 e. The van der Waals surface area contributed by atoms with Gasteiger partial charge < -0.3 is 10.1 Å². The van der Waals surface area contributed by atoms with Gasteiger partial charge in [-0.05, 0) is 30.5 Å². The molecule has 19 heavy (non-hydrogen) atoms. The summed E-state index contributed by atoms with van der Waals surface area (Å²) in [5, 5.41) is 3.02. The topological polar surface area (TPSA) is 47.0 Å². The van der Waals surface area contributed by atoms with E-state index in [1.165, 1.54) is 11.9 Å². The van der Waals surface area contributed by atoms with Gasteiger partial charge in [-0.1, -0.05) is 26.0 Å². The number of rotatable bonds is 4. The number of nitrogens with zero attached hydrogens (tertiary/aromatic N) is 2. The molecule has 0 fully saturated rings. The van der Waals surface area contributed by atoms with Gasteiger partial charge >= 0.3 is 0 Å². The molecule has 1 heterocycles. The summed E-state index contributed by atoms with van der Waals surface area (Å²) < 4.78 is 5.85. The SMILES string of the molecule is CNc1ncnc(Oc2cccc(C(C)C)c2)c1C. The smallest absolute Gasteiger partial charge is 0.227 e. The average molecular weight is 257 g/mol. The van der Waals surface area contributed by atoms with Gasteiger partial charge in [0.25, 0.3) is 0 Å². The number of anilines is 1. The predicted octanol–water partition coefficient (Wildman–Crippen LogP) is 3.74. The van der Waals surface area contributed by atoms with Crippen molar-refractivity contribution in [3.8, 4) is 11.6 Å². The molecule has 0 radical (unpaired) electrons. The summed E-state index contributed by atoms with van der Waals surface area (Å²) >= 11 is 0. The summed E-state index contributed by atoms with van der Waals surface area (Å²) in [5.74, 6) is 2.64. The first-order valence-corrected chi connectivity index (χ1v) is 6.39. The molecule has 0 bridgehead atoms. The van der Waals surface area contributed by atoms with Crippen LogP contribution in [0.1, 0.15) is 30.9 Å². The second kappa shape index (κ2) is 5.69. The second-order valence-electron chi connectivity index (χ2n) is 4.73. The molecule has 0 atom stereocenters. The number of benzene rings is 1. The molecule has 0 spiro atoms. The molecule has 4 heteroatoms. The van der Waals surface area contributed by atoms with Gasteiger partial charge in [0.2, 0.25) is 5.88 Å². The summed E-state index contributed by atoms with van der Waals surface area (Å²) in [6.45, 7) is 6.26. The van der Waals surface area contributed by atoms with E-state index in [1.54, 1.807) is 0 Å². The standard InChI is InChI=1S/C15H19N3O/c1-10(2)12-6-5-7-13(8-12)19-15-11(3)14(16-4)17-9-18-15/h5-10H,1-4H3,(H,16,17,18). The molecule has 2 rings (SSSR count). The summed E-state index contributed by atoms with van der Waals surface area (Å²) in [6.07, 6.45) is 1.50. The van der Waals surface area contributed by atoms with Crippen LogP contribution in [0.4, 0.5) is 5.82 Å². The van der Waals surface area contributed by atoms with Gasteiger partial charge in [-0.2, -0.15) is 0 Å². The zero-order valence-corrected chi connectivity index (χ0v) is 11.8. The molecule has 2 aromatic rings. The Kier molecular flexibility index (Phi) is 4.00. The normalized spacial score (nSPS) is 10.6. The first kappa shape index (κ1) is 13.3. The molecule has 0 saturated carbocycles. The number of hydrogen-bond acceptors (Lipinski definition) is 4. The minimum atomic E-state index is 0.475. The van der Waals surface area contributed by atoms with Crippen molar-refractivity contribution in [2.75, 3.05) is 12.4 Å². The molecule has 0 aliphatic rings. The highest BCUT2D eigenvalue weighted by Gasteiger charge is 2.08. The average Bonchev–Trinajstić information content (AvgIpc) is 2.41. The van der Waals surface area contributed by atoms with E-state index in [4.69, 9.17) is 4.74 Å². The van der Waals surface area contributed by atoms with Crippen molar-refractivity contribution < 1.29 is 4.74 Å². The molecule has 1 aromatic carbocycles. The third-order valence-electron chi connectivity index (χ3n) is 3.01. The van der Waals surface area contributed by atoms with Crippen molar-refractivity contribution in [3.63, 3.8) is 0 Å². The van der Waals surface area contributed by atoms with Crippen molar-refractivity contribution in [1.82, 2.24) is 9.97 Å². The van der Waals surface area contributed by atoms with Crippen LogP contribution in [-0.2, 0) is 0 Å². The van der Waals surface area contributed by atoms with Crippen LogP contribution in [0, 0.1) is 6.92 Å². The number of ether oxygens (including phenoxy) is 1. The lowest BCUT2D eigenvalue weighted by atomic mass is 10.0. The highest BCUT2D eigenvalue weighted by atomic mass is 16.5. The van der Waals surface area contributed by atoms with Gasteiger partial charge in [-0.3, -0.25) is 0 Å². The van der Waals surface area contributed by atoms with Gasteiger partial charge in [0.15, 0.2) is 0 Å². The third-order valence-corrected chi connectivity index (χ3v) is 3.01. The molecule has 0 amide bonds. The van der Waals surface area contributed by atoms with E-state index >= 15 is 0 Å². The number of aromatic nitrogens is 2. The van der Waals surface area contributed by atoms with Crippen molar-refractivity contribution in [2.24, 2.45) is 0 Å². The Hall–Kier alpha value is -2.10. The van der Waals surface area contributed by atoms with Crippen molar-refractivity contribution >= 4 is 5.82 Å². The van der Waals surface area contributed by atoms with E-state index in [-0.39, 0.29) is 0 Å². The molecular formula is C15H19N3O. The zero-order chi connectivity index (χ0) is 13.8. The maximum absolute atomic E-state index is 5.85. The van der Waals surface area contributed by atoms with E-state index in [9.17, 15) is 0 Å². The Morgan fingerprint density at radius 1 is 1.21 bits per heavy atom. The van der Waals surface area contributed by atoms with Gasteiger partial charge in [-0.25, -0.2) is 9.97 Å². The second-order valence-corrected chi connectivity index (χ2v) is 4.73. The number of hydrogen-bond donors (Lipinski definition) is 1. The number of nitrogens with one attached hydrogen (secondary N) is 1. The Labute approximate surface area is 113 Å². The minimum Gasteiger partial charge on any atom is -0.439 e. The highest BCUT2D eigenvalue weighted by molar-refractivity contribution is 5.48. The predicted molar refractivity (Wildman–Crippen MR) is 76.9 cm³/mol.